The van der Waals surface area contributed by atoms with E-state index in [2.05, 4.69) is 24.6 Å². The van der Waals surface area contributed by atoms with Crippen LogP contribution in [0.25, 0.3) is 5.69 Å². The largest absolute Gasteiger partial charge is 0.380 e. The first-order valence-electron chi connectivity index (χ1n) is 13.0. The van der Waals surface area contributed by atoms with Crippen LogP contribution in [0, 0.1) is 24.1 Å². The van der Waals surface area contributed by atoms with Crippen molar-refractivity contribution in [3.8, 4) is 5.69 Å². The minimum atomic E-state index is -2.84. The summed E-state index contributed by atoms with van der Waals surface area (Å²) in [5.41, 5.74) is 2.39. The van der Waals surface area contributed by atoms with Gasteiger partial charge in [-0.2, -0.15) is 0 Å². The van der Waals surface area contributed by atoms with Crippen molar-refractivity contribution in [2.75, 3.05) is 37.7 Å². The van der Waals surface area contributed by atoms with Crippen LogP contribution in [0.2, 0.25) is 5.02 Å². The molecule has 0 unspecified atom stereocenters. The Hall–Kier alpha value is -2.69. The maximum atomic E-state index is 14.9. The molecule has 0 amide bonds. The minimum Gasteiger partial charge on any atom is -0.380 e. The minimum absolute atomic E-state index is 0.0985. The normalized spacial score (nSPS) is 21.3. The summed E-state index contributed by atoms with van der Waals surface area (Å²) in [6.07, 6.45) is 1.93. The maximum absolute atomic E-state index is 14.9. The summed E-state index contributed by atoms with van der Waals surface area (Å²) in [6.45, 7) is 3.90. The molecule has 38 heavy (non-hydrogen) atoms. The van der Waals surface area contributed by atoms with Crippen LogP contribution in [0.4, 0.5) is 19.0 Å². The van der Waals surface area contributed by atoms with Crippen molar-refractivity contribution in [3.05, 3.63) is 64.1 Å². The van der Waals surface area contributed by atoms with Crippen LogP contribution >= 0.6 is 11.6 Å². The molecule has 2 aromatic heterocycles. The van der Waals surface area contributed by atoms with Gasteiger partial charge in [-0.05, 0) is 55.7 Å². The molecule has 0 radical (unpaired) electrons. The molecular formula is C27H28ClF3N6O. The van der Waals surface area contributed by atoms with Gasteiger partial charge in [0.15, 0.2) is 5.82 Å². The fraction of sp³-hybridized carbons (Fsp3) is 0.519. The standard InChI is InChI=1S/C27H28ClF3N6O/c1-16-21(29)3-5-23(32-16)36-13-26(14-36)7-18(8-26)25-34-33-24-10-35(15-27(30,31)19-11-38-12-19)9-17-6-20(28)2-4-22(17)37(24)25/h2-6,18-19H,7-15H2,1H3. The number of pyridine rings is 1. The van der Waals surface area contributed by atoms with E-state index in [0.29, 0.717) is 23.1 Å². The fourth-order valence-corrected chi connectivity index (χ4v) is 6.63. The molecule has 5 heterocycles. The van der Waals surface area contributed by atoms with Crippen LogP contribution in [0.3, 0.4) is 0 Å². The van der Waals surface area contributed by atoms with Crippen molar-refractivity contribution in [1.82, 2.24) is 24.6 Å². The zero-order valence-corrected chi connectivity index (χ0v) is 21.8. The van der Waals surface area contributed by atoms with Gasteiger partial charge in [0.05, 0.1) is 43.6 Å². The number of ether oxygens (including phenoxy) is 1. The maximum Gasteiger partial charge on any atom is 0.267 e. The third-order valence-corrected chi connectivity index (χ3v) is 8.81. The quantitative estimate of drug-likeness (QED) is 0.462. The predicted octanol–water partition coefficient (Wildman–Crippen LogP) is 4.74. The zero-order valence-electron chi connectivity index (χ0n) is 21.0. The number of alkyl halides is 2. The number of halogens is 4. The molecule has 200 valence electrons. The second-order valence-electron chi connectivity index (χ2n) is 11.4. The molecule has 1 aromatic carbocycles. The Morgan fingerprint density at radius 2 is 1.89 bits per heavy atom. The van der Waals surface area contributed by atoms with Crippen molar-refractivity contribution in [2.24, 2.45) is 11.3 Å². The third-order valence-electron chi connectivity index (χ3n) is 8.57. The van der Waals surface area contributed by atoms with Crippen molar-refractivity contribution >= 4 is 17.4 Å². The molecule has 0 N–H and O–H groups in total. The van der Waals surface area contributed by atoms with Gasteiger partial charge in [0.2, 0.25) is 0 Å². The summed E-state index contributed by atoms with van der Waals surface area (Å²) in [5, 5.41) is 9.63. The van der Waals surface area contributed by atoms with Gasteiger partial charge in [0.1, 0.15) is 17.5 Å². The Kier molecular flexibility index (Phi) is 5.55. The average molecular weight is 545 g/mol. The van der Waals surface area contributed by atoms with Gasteiger partial charge in [0, 0.05) is 36.0 Å². The molecule has 4 aliphatic rings. The third kappa shape index (κ3) is 3.99. The molecule has 2 saturated heterocycles. The first kappa shape index (κ1) is 24.4. The Morgan fingerprint density at radius 1 is 1.11 bits per heavy atom. The number of hydrogen-bond acceptors (Lipinski definition) is 6. The smallest absolute Gasteiger partial charge is 0.267 e. The highest BCUT2D eigenvalue weighted by atomic mass is 35.5. The van der Waals surface area contributed by atoms with E-state index in [9.17, 15) is 13.2 Å². The molecule has 0 bridgehead atoms. The van der Waals surface area contributed by atoms with Crippen LogP contribution in [0.1, 0.15) is 41.7 Å². The first-order valence-corrected chi connectivity index (χ1v) is 13.4. The van der Waals surface area contributed by atoms with E-state index in [1.807, 2.05) is 18.2 Å². The van der Waals surface area contributed by atoms with E-state index in [4.69, 9.17) is 16.3 Å². The lowest BCUT2D eigenvalue weighted by Gasteiger charge is -2.59. The number of benzene rings is 1. The fourth-order valence-electron chi connectivity index (χ4n) is 6.43. The monoisotopic (exact) mass is 544 g/mol. The number of nitrogens with zero attached hydrogens (tertiary/aromatic N) is 6. The summed E-state index contributed by atoms with van der Waals surface area (Å²) in [5.74, 6) is -1.30. The molecule has 3 fully saturated rings. The summed E-state index contributed by atoms with van der Waals surface area (Å²) in [7, 11) is 0. The Labute approximate surface area is 223 Å². The van der Waals surface area contributed by atoms with E-state index in [0.717, 1.165) is 48.8 Å². The summed E-state index contributed by atoms with van der Waals surface area (Å²) in [6, 6.07) is 8.84. The van der Waals surface area contributed by atoms with Crippen LogP contribution in [0.5, 0.6) is 0 Å². The molecule has 1 aliphatic carbocycles. The van der Waals surface area contributed by atoms with Gasteiger partial charge in [-0.3, -0.25) is 9.47 Å². The van der Waals surface area contributed by atoms with Crippen LogP contribution in [-0.4, -0.2) is 63.4 Å². The van der Waals surface area contributed by atoms with E-state index >= 15 is 0 Å². The molecule has 1 spiro atoms. The molecular weight excluding hydrogens is 517 g/mol. The summed E-state index contributed by atoms with van der Waals surface area (Å²) < 4.78 is 50.6. The van der Waals surface area contributed by atoms with Gasteiger partial charge >= 0.3 is 0 Å². The van der Waals surface area contributed by atoms with Crippen molar-refractivity contribution in [2.45, 2.75) is 44.7 Å². The topological polar surface area (TPSA) is 59.3 Å². The number of rotatable bonds is 5. The summed E-state index contributed by atoms with van der Waals surface area (Å²) >= 11 is 6.33. The van der Waals surface area contributed by atoms with E-state index in [-0.39, 0.29) is 43.5 Å². The molecule has 0 atom stereocenters. The predicted molar refractivity (Wildman–Crippen MR) is 135 cm³/mol. The molecule has 7 rings (SSSR count). The van der Waals surface area contributed by atoms with Crippen LogP contribution in [-0.2, 0) is 17.8 Å². The Morgan fingerprint density at radius 3 is 2.61 bits per heavy atom. The van der Waals surface area contributed by atoms with Crippen LogP contribution in [0.15, 0.2) is 30.3 Å². The van der Waals surface area contributed by atoms with Gasteiger partial charge in [0.25, 0.3) is 5.92 Å². The highest BCUT2D eigenvalue weighted by Gasteiger charge is 2.54. The van der Waals surface area contributed by atoms with E-state index in [1.54, 1.807) is 17.9 Å². The highest BCUT2D eigenvalue weighted by Crippen LogP contribution is 2.56. The van der Waals surface area contributed by atoms with Crippen molar-refractivity contribution in [1.29, 1.82) is 0 Å². The SMILES string of the molecule is Cc1nc(N2CC3(CC(c4nnc5n4-c4ccc(Cl)cc4CN(CC(F)(F)C4COC4)C5)C3)C2)ccc1F. The lowest BCUT2D eigenvalue weighted by Crippen LogP contribution is -2.62. The zero-order chi connectivity index (χ0) is 26.2. The van der Waals surface area contributed by atoms with E-state index in [1.165, 1.54) is 6.07 Å². The first-order chi connectivity index (χ1) is 18.2. The van der Waals surface area contributed by atoms with Gasteiger partial charge in [-0.15, -0.1) is 10.2 Å². The Balaban J connectivity index is 1.11. The summed E-state index contributed by atoms with van der Waals surface area (Å²) in [4.78, 5) is 8.32. The van der Waals surface area contributed by atoms with Crippen LogP contribution < -0.4 is 4.90 Å². The lowest BCUT2D eigenvalue weighted by atomic mass is 9.57. The lowest BCUT2D eigenvalue weighted by molar-refractivity contribution is -0.179. The molecule has 3 aromatic rings. The van der Waals surface area contributed by atoms with Gasteiger partial charge < -0.3 is 9.64 Å². The van der Waals surface area contributed by atoms with Gasteiger partial charge in [-0.1, -0.05) is 11.6 Å². The van der Waals surface area contributed by atoms with Gasteiger partial charge in [-0.25, -0.2) is 18.2 Å². The second-order valence-corrected chi connectivity index (χ2v) is 11.9. The van der Waals surface area contributed by atoms with Crippen molar-refractivity contribution < 1.29 is 17.9 Å². The highest BCUT2D eigenvalue weighted by molar-refractivity contribution is 6.30. The number of hydrogen-bond donors (Lipinski definition) is 0. The number of aryl methyl sites for hydroxylation is 1. The second kappa shape index (κ2) is 8.66. The molecule has 11 heteroatoms. The van der Waals surface area contributed by atoms with E-state index < -0.39 is 11.8 Å². The molecule has 1 saturated carbocycles. The number of fused-ring (bicyclic) bond motifs is 3. The number of aromatic nitrogens is 4. The number of anilines is 1. The Bertz CT molecular complexity index is 1400. The molecule has 3 aliphatic heterocycles. The molecule has 7 nitrogen and oxygen atoms in total. The van der Waals surface area contributed by atoms with Crippen molar-refractivity contribution in [3.63, 3.8) is 0 Å². The average Bonchev–Trinajstić information content (AvgIpc) is 3.08.